The van der Waals surface area contributed by atoms with E-state index in [0.29, 0.717) is 5.56 Å². The molecule has 0 fully saturated rings. The molecule has 0 aliphatic rings. The molecule has 0 aliphatic carbocycles. The van der Waals surface area contributed by atoms with E-state index in [1.807, 2.05) is 29.7 Å². The number of ether oxygens (including phenoxy) is 1. The number of carbonyl (C=O) groups is 1. The van der Waals surface area contributed by atoms with Crippen LogP contribution in [0, 0.1) is 0 Å². The summed E-state index contributed by atoms with van der Waals surface area (Å²) in [7, 11) is 1.43. The Morgan fingerprint density at radius 3 is 2.80 bits per heavy atom. The zero-order valence-electron chi connectivity index (χ0n) is 10.8. The molecular weight excluding hydrogens is 274 g/mol. The summed E-state index contributed by atoms with van der Waals surface area (Å²) in [6.45, 7) is 0. The third-order valence-electron chi connectivity index (χ3n) is 2.60. The van der Waals surface area contributed by atoms with Crippen LogP contribution in [0.3, 0.4) is 0 Å². The van der Waals surface area contributed by atoms with E-state index in [4.69, 9.17) is 4.74 Å². The minimum atomic E-state index is -1.03. The van der Waals surface area contributed by atoms with Gasteiger partial charge in [0.15, 0.2) is 0 Å². The third-order valence-corrected chi connectivity index (χ3v) is 3.21. The summed E-state index contributed by atoms with van der Waals surface area (Å²) < 4.78 is 4.85. The van der Waals surface area contributed by atoms with Crippen molar-refractivity contribution in [2.24, 2.45) is 0 Å². The zero-order valence-corrected chi connectivity index (χ0v) is 11.6. The Balaban J connectivity index is 2.40. The summed E-state index contributed by atoms with van der Waals surface area (Å²) in [5.41, 5.74) is 4.11. The molecule has 4 nitrogen and oxygen atoms in total. The van der Waals surface area contributed by atoms with Crippen molar-refractivity contribution in [1.29, 1.82) is 0 Å². The fraction of sp³-hybridized carbons (Fsp3) is 0.0667. The van der Waals surface area contributed by atoms with Crippen LogP contribution in [-0.2, 0) is 9.53 Å². The largest absolute Gasteiger partial charge is 0.503 e. The fourth-order valence-corrected chi connectivity index (χ4v) is 2.24. The van der Waals surface area contributed by atoms with Crippen molar-refractivity contribution in [3.8, 4) is 0 Å². The number of methoxy groups -OCH3 is 1. The van der Waals surface area contributed by atoms with E-state index in [1.54, 1.807) is 17.6 Å². The van der Waals surface area contributed by atoms with Gasteiger partial charge in [-0.25, -0.2) is 9.78 Å². The van der Waals surface area contributed by atoms with Crippen molar-refractivity contribution in [3.63, 3.8) is 0 Å². The van der Waals surface area contributed by atoms with E-state index in [0.717, 1.165) is 11.3 Å². The number of carboxylic acids is 1. The Hall–Kier alpha value is -2.40. The maximum atomic E-state index is 11.3. The number of thiazole rings is 1. The molecule has 0 bridgehead atoms. The highest BCUT2D eigenvalue weighted by Crippen LogP contribution is 2.22. The van der Waals surface area contributed by atoms with E-state index in [2.05, 4.69) is 4.98 Å². The average Bonchev–Trinajstić information content (AvgIpc) is 2.96. The van der Waals surface area contributed by atoms with Crippen LogP contribution in [-0.4, -0.2) is 23.2 Å². The Morgan fingerprint density at radius 2 is 2.15 bits per heavy atom. The molecule has 2 aromatic rings. The second-order valence-electron chi connectivity index (χ2n) is 3.91. The van der Waals surface area contributed by atoms with Crippen LogP contribution in [0.15, 0.2) is 41.4 Å². The molecule has 5 heteroatoms. The highest BCUT2D eigenvalue weighted by Gasteiger charge is 2.13. The van der Waals surface area contributed by atoms with Crippen molar-refractivity contribution in [3.05, 3.63) is 58.2 Å². The number of rotatable bonds is 5. The van der Waals surface area contributed by atoms with Crippen LogP contribution in [0.2, 0.25) is 0 Å². The number of aliphatic carboxylic acids is 1. The van der Waals surface area contributed by atoms with Crippen LogP contribution in [0.25, 0.3) is 17.7 Å². The first-order valence-electron chi connectivity index (χ1n) is 5.84. The molecule has 0 unspecified atom stereocenters. The van der Waals surface area contributed by atoms with Crippen LogP contribution in [0.1, 0.15) is 16.8 Å². The van der Waals surface area contributed by atoms with Gasteiger partial charge in [0.05, 0.1) is 24.6 Å². The van der Waals surface area contributed by atoms with Gasteiger partial charge < -0.3 is 9.84 Å². The Bertz CT molecular complexity index is 645. The topological polar surface area (TPSA) is 59.4 Å². The summed E-state index contributed by atoms with van der Waals surface area (Å²) in [6, 6.07) is 7.25. The predicted octanol–water partition coefficient (Wildman–Crippen LogP) is 3.39. The molecule has 20 heavy (non-hydrogen) atoms. The number of benzene rings is 1. The number of nitrogens with zero attached hydrogens (tertiary/aromatic N) is 1. The highest BCUT2D eigenvalue weighted by molar-refractivity contribution is 7.07. The molecule has 0 saturated carbocycles. The van der Waals surface area contributed by atoms with Crippen LogP contribution >= 0.6 is 11.3 Å². The SMILES string of the molecule is COC=C(C(=O)O)c1ccccc1C=Cc1cscn1. The molecule has 0 amide bonds. The number of aromatic nitrogens is 1. The average molecular weight is 287 g/mol. The van der Waals surface area contributed by atoms with Crippen molar-refractivity contribution >= 4 is 35.0 Å². The van der Waals surface area contributed by atoms with Gasteiger partial charge in [0.25, 0.3) is 0 Å². The monoisotopic (exact) mass is 287 g/mol. The summed E-state index contributed by atoms with van der Waals surface area (Å²) >= 11 is 1.51. The molecule has 2 rings (SSSR count). The molecule has 102 valence electrons. The minimum Gasteiger partial charge on any atom is -0.503 e. The Kier molecular flexibility index (Phi) is 4.68. The van der Waals surface area contributed by atoms with Crippen molar-refractivity contribution in [2.75, 3.05) is 7.11 Å². The van der Waals surface area contributed by atoms with Gasteiger partial charge in [-0.05, 0) is 17.2 Å². The fourth-order valence-electron chi connectivity index (χ4n) is 1.71. The van der Waals surface area contributed by atoms with Gasteiger partial charge in [0.2, 0.25) is 0 Å². The summed E-state index contributed by atoms with van der Waals surface area (Å²) in [5.74, 6) is -1.03. The van der Waals surface area contributed by atoms with Gasteiger partial charge in [-0.1, -0.05) is 30.3 Å². The van der Waals surface area contributed by atoms with Gasteiger partial charge >= 0.3 is 5.97 Å². The molecule has 0 spiro atoms. The van der Waals surface area contributed by atoms with Crippen molar-refractivity contribution < 1.29 is 14.6 Å². The van der Waals surface area contributed by atoms with Gasteiger partial charge in [-0.2, -0.15) is 0 Å². The molecular formula is C15H13NO3S. The number of hydrogen-bond acceptors (Lipinski definition) is 4. The summed E-state index contributed by atoms with van der Waals surface area (Å²) in [5, 5.41) is 11.2. The second kappa shape index (κ2) is 6.68. The van der Waals surface area contributed by atoms with Crippen molar-refractivity contribution in [2.45, 2.75) is 0 Å². The van der Waals surface area contributed by atoms with E-state index in [1.165, 1.54) is 24.7 Å². The Morgan fingerprint density at radius 1 is 1.35 bits per heavy atom. The highest BCUT2D eigenvalue weighted by atomic mass is 32.1. The van der Waals surface area contributed by atoms with Gasteiger partial charge in [0.1, 0.15) is 5.57 Å². The lowest BCUT2D eigenvalue weighted by Gasteiger charge is -2.06. The first-order valence-corrected chi connectivity index (χ1v) is 6.78. The molecule has 0 atom stereocenters. The van der Waals surface area contributed by atoms with Crippen LogP contribution in [0.5, 0.6) is 0 Å². The van der Waals surface area contributed by atoms with Gasteiger partial charge in [0, 0.05) is 5.38 Å². The maximum absolute atomic E-state index is 11.3. The normalized spacial score (nSPS) is 11.8. The van der Waals surface area contributed by atoms with Crippen LogP contribution in [0.4, 0.5) is 0 Å². The molecule has 1 heterocycles. The molecule has 0 radical (unpaired) electrons. The summed E-state index contributed by atoms with van der Waals surface area (Å²) in [4.78, 5) is 15.4. The molecule has 1 aromatic heterocycles. The third kappa shape index (κ3) is 3.33. The Labute approximate surface area is 120 Å². The lowest BCUT2D eigenvalue weighted by molar-refractivity contribution is -0.130. The van der Waals surface area contributed by atoms with Crippen molar-refractivity contribution in [1.82, 2.24) is 4.98 Å². The van der Waals surface area contributed by atoms with E-state index >= 15 is 0 Å². The smallest absolute Gasteiger partial charge is 0.339 e. The first-order chi connectivity index (χ1) is 9.72. The molecule has 0 aliphatic heterocycles. The standard InChI is InChI=1S/C15H13NO3S/c1-19-8-14(15(17)18)13-5-3-2-4-11(13)6-7-12-9-20-10-16-12/h2-10H,1H3,(H,17,18). The quantitative estimate of drug-likeness (QED) is 0.676. The molecule has 1 aromatic carbocycles. The van der Waals surface area contributed by atoms with E-state index < -0.39 is 5.97 Å². The maximum Gasteiger partial charge on any atom is 0.339 e. The lowest BCUT2D eigenvalue weighted by Crippen LogP contribution is -2.02. The zero-order chi connectivity index (χ0) is 14.4. The van der Waals surface area contributed by atoms with E-state index in [-0.39, 0.29) is 5.57 Å². The second-order valence-corrected chi connectivity index (χ2v) is 4.62. The van der Waals surface area contributed by atoms with Gasteiger partial charge in [-0.3, -0.25) is 0 Å². The number of hydrogen-bond donors (Lipinski definition) is 1. The predicted molar refractivity (Wildman–Crippen MR) is 80.1 cm³/mol. The molecule has 0 saturated heterocycles. The lowest BCUT2D eigenvalue weighted by atomic mass is 10.00. The van der Waals surface area contributed by atoms with E-state index in [9.17, 15) is 9.90 Å². The van der Waals surface area contributed by atoms with Crippen LogP contribution < -0.4 is 0 Å². The number of carboxylic acid groups (broad SMARTS) is 1. The first kappa shape index (κ1) is 14.0. The summed E-state index contributed by atoms with van der Waals surface area (Å²) in [6.07, 6.45) is 4.93. The minimum absolute atomic E-state index is 0.117. The molecule has 1 N–H and O–H groups in total. The van der Waals surface area contributed by atoms with Gasteiger partial charge in [-0.15, -0.1) is 11.3 Å².